The fourth-order valence-electron chi connectivity index (χ4n) is 1.85. The van der Waals surface area contributed by atoms with E-state index in [0.717, 1.165) is 16.7 Å². The van der Waals surface area contributed by atoms with Gasteiger partial charge in [-0.2, -0.15) is 0 Å². The van der Waals surface area contributed by atoms with Crippen molar-refractivity contribution in [3.05, 3.63) is 28.8 Å². The molecule has 0 bridgehead atoms. The number of hydrogen-bond donors (Lipinski definition) is 2. The van der Waals surface area contributed by atoms with Crippen LogP contribution in [-0.4, -0.2) is 14.5 Å². The maximum absolute atomic E-state index is 11.5. The first-order chi connectivity index (χ1) is 7.88. The number of primary sulfonamides is 1. The largest absolute Gasteiger partial charge is 0.310 e. The van der Waals surface area contributed by atoms with Crippen LogP contribution < -0.4 is 10.5 Å². The molecule has 1 aliphatic rings. The van der Waals surface area contributed by atoms with Crippen LogP contribution in [0.15, 0.2) is 17.0 Å². The summed E-state index contributed by atoms with van der Waals surface area (Å²) in [7, 11) is -3.63. The minimum atomic E-state index is -3.63. The summed E-state index contributed by atoms with van der Waals surface area (Å²) >= 11 is 0. The number of rotatable bonds is 4. The molecule has 17 heavy (non-hydrogen) atoms. The molecule has 1 aromatic rings. The third kappa shape index (κ3) is 3.06. The first-order valence-electron chi connectivity index (χ1n) is 5.74. The second-order valence-corrected chi connectivity index (χ2v) is 6.27. The van der Waals surface area contributed by atoms with E-state index in [9.17, 15) is 8.42 Å². The molecule has 4 nitrogen and oxygen atoms in total. The first kappa shape index (κ1) is 12.5. The second kappa shape index (κ2) is 4.40. The number of benzene rings is 1. The predicted octanol–water partition coefficient (Wildman–Crippen LogP) is 1.20. The summed E-state index contributed by atoms with van der Waals surface area (Å²) < 4.78 is 22.9. The van der Waals surface area contributed by atoms with Crippen molar-refractivity contribution in [1.29, 1.82) is 0 Å². The average molecular weight is 254 g/mol. The number of nitrogens with two attached hydrogens (primary N) is 1. The number of sulfonamides is 1. The highest BCUT2D eigenvalue weighted by Gasteiger charge is 2.20. The Labute approximate surface area is 102 Å². The zero-order valence-corrected chi connectivity index (χ0v) is 11.0. The third-order valence-corrected chi connectivity index (χ3v) is 4.20. The van der Waals surface area contributed by atoms with Crippen molar-refractivity contribution in [3.63, 3.8) is 0 Å². The van der Waals surface area contributed by atoms with E-state index in [-0.39, 0.29) is 4.90 Å². The molecule has 0 amide bonds. The topological polar surface area (TPSA) is 72.2 Å². The van der Waals surface area contributed by atoms with E-state index in [0.29, 0.717) is 12.6 Å². The molecule has 0 radical (unpaired) electrons. The van der Waals surface area contributed by atoms with E-state index in [1.54, 1.807) is 13.0 Å². The first-order valence-corrected chi connectivity index (χ1v) is 7.29. The Morgan fingerprint density at radius 1 is 1.35 bits per heavy atom. The van der Waals surface area contributed by atoms with Crippen LogP contribution in [0.4, 0.5) is 0 Å². The molecule has 0 saturated heterocycles. The van der Waals surface area contributed by atoms with Gasteiger partial charge in [0.2, 0.25) is 10.0 Å². The zero-order valence-electron chi connectivity index (χ0n) is 10.2. The van der Waals surface area contributed by atoms with Crippen LogP contribution in [0.2, 0.25) is 0 Å². The quantitative estimate of drug-likeness (QED) is 0.848. The van der Waals surface area contributed by atoms with Crippen molar-refractivity contribution >= 4 is 10.0 Å². The molecule has 0 aliphatic heterocycles. The Hall–Kier alpha value is -0.910. The lowest BCUT2D eigenvalue weighted by atomic mass is 10.1. The molecule has 1 saturated carbocycles. The summed E-state index contributed by atoms with van der Waals surface area (Å²) in [5.41, 5.74) is 2.68. The lowest BCUT2D eigenvalue weighted by Gasteiger charge is -2.11. The lowest BCUT2D eigenvalue weighted by molar-refractivity contribution is 0.596. The minimum absolute atomic E-state index is 0.241. The molecular weight excluding hydrogens is 236 g/mol. The van der Waals surface area contributed by atoms with E-state index in [4.69, 9.17) is 5.14 Å². The normalized spacial score (nSPS) is 16.2. The molecule has 0 atom stereocenters. The maximum Gasteiger partial charge on any atom is 0.238 e. The molecule has 1 fully saturated rings. The zero-order chi connectivity index (χ0) is 12.6. The Balaban J connectivity index is 2.31. The monoisotopic (exact) mass is 254 g/mol. The number of nitrogens with one attached hydrogen (secondary N) is 1. The molecular formula is C12H18N2O2S. The van der Waals surface area contributed by atoms with Crippen LogP contribution >= 0.6 is 0 Å². The van der Waals surface area contributed by atoms with Gasteiger partial charge in [0.1, 0.15) is 0 Å². The fourth-order valence-corrected chi connectivity index (χ4v) is 2.75. The molecule has 1 aromatic carbocycles. The van der Waals surface area contributed by atoms with E-state index in [1.807, 2.05) is 13.0 Å². The van der Waals surface area contributed by atoms with E-state index < -0.39 is 10.0 Å². The summed E-state index contributed by atoms with van der Waals surface area (Å²) in [6.07, 6.45) is 2.43. The number of hydrogen-bond acceptors (Lipinski definition) is 3. The van der Waals surface area contributed by atoms with Crippen LogP contribution in [0.1, 0.15) is 29.5 Å². The van der Waals surface area contributed by atoms with Crippen LogP contribution in [0.3, 0.4) is 0 Å². The molecule has 0 heterocycles. The van der Waals surface area contributed by atoms with Crippen molar-refractivity contribution < 1.29 is 8.42 Å². The predicted molar refractivity (Wildman–Crippen MR) is 67.2 cm³/mol. The highest BCUT2D eigenvalue weighted by molar-refractivity contribution is 7.89. The van der Waals surface area contributed by atoms with Gasteiger partial charge in [-0.15, -0.1) is 0 Å². The number of aryl methyl sites for hydroxylation is 1. The molecule has 3 N–H and O–H groups in total. The lowest BCUT2D eigenvalue weighted by Crippen LogP contribution is -2.18. The van der Waals surface area contributed by atoms with Gasteiger partial charge in [0.15, 0.2) is 0 Å². The highest BCUT2D eigenvalue weighted by atomic mass is 32.2. The average Bonchev–Trinajstić information content (AvgIpc) is 3.01. The van der Waals surface area contributed by atoms with Gasteiger partial charge in [-0.05, 0) is 49.4 Å². The molecule has 0 aromatic heterocycles. The van der Waals surface area contributed by atoms with Crippen molar-refractivity contribution in [2.45, 2.75) is 44.2 Å². The van der Waals surface area contributed by atoms with E-state index in [2.05, 4.69) is 5.32 Å². The van der Waals surface area contributed by atoms with Crippen LogP contribution in [0, 0.1) is 13.8 Å². The molecule has 0 unspecified atom stereocenters. The van der Waals surface area contributed by atoms with Crippen molar-refractivity contribution in [3.8, 4) is 0 Å². The Bertz CT molecular complexity index is 534. The van der Waals surface area contributed by atoms with Crippen molar-refractivity contribution in [1.82, 2.24) is 5.32 Å². The summed E-state index contributed by atoms with van der Waals surface area (Å²) in [5.74, 6) is 0. The summed E-state index contributed by atoms with van der Waals surface area (Å²) in [6, 6.07) is 4.29. The van der Waals surface area contributed by atoms with Gasteiger partial charge >= 0.3 is 0 Å². The SMILES string of the molecule is Cc1cc(CNC2CC2)cc(S(N)(=O)=O)c1C. The summed E-state index contributed by atoms with van der Waals surface area (Å²) in [5, 5.41) is 8.58. The van der Waals surface area contributed by atoms with Gasteiger partial charge in [-0.1, -0.05) is 6.07 Å². The maximum atomic E-state index is 11.5. The Morgan fingerprint density at radius 2 is 2.00 bits per heavy atom. The minimum Gasteiger partial charge on any atom is -0.310 e. The van der Waals surface area contributed by atoms with Gasteiger partial charge in [0.25, 0.3) is 0 Å². The van der Waals surface area contributed by atoms with Crippen LogP contribution in [-0.2, 0) is 16.6 Å². The van der Waals surface area contributed by atoms with E-state index in [1.165, 1.54) is 12.8 Å². The van der Waals surface area contributed by atoms with Crippen molar-refractivity contribution in [2.24, 2.45) is 5.14 Å². The fraction of sp³-hybridized carbons (Fsp3) is 0.500. The second-order valence-electron chi connectivity index (χ2n) is 4.74. The van der Waals surface area contributed by atoms with Crippen molar-refractivity contribution in [2.75, 3.05) is 0 Å². The summed E-state index contributed by atoms with van der Waals surface area (Å²) in [4.78, 5) is 0.241. The Kier molecular flexibility index (Phi) is 3.25. The van der Waals surface area contributed by atoms with Gasteiger partial charge in [0.05, 0.1) is 4.90 Å². The van der Waals surface area contributed by atoms with E-state index >= 15 is 0 Å². The van der Waals surface area contributed by atoms with Crippen LogP contribution in [0.25, 0.3) is 0 Å². The standard InChI is InChI=1S/C12H18N2O2S/c1-8-5-10(7-14-11-3-4-11)6-12(9(8)2)17(13,15)16/h5-6,11,14H,3-4,7H2,1-2H3,(H2,13,15,16). The molecule has 2 rings (SSSR count). The molecule has 1 aliphatic carbocycles. The molecule has 0 spiro atoms. The smallest absolute Gasteiger partial charge is 0.238 e. The van der Waals surface area contributed by atoms with Gasteiger partial charge in [-0.3, -0.25) is 0 Å². The molecule has 5 heteroatoms. The highest BCUT2D eigenvalue weighted by Crippen LogP contribution is 2.22. The van der Waals surface area contributed by atoms with Gasteiger partial charge < -0.3 is 5.32 Å². The third-order valence-electron chi connectivity index (χ3n) is 3.16. The Morgan fingerprint density at radius 3 is 2.53 bits per heavy atom. The van der Waals surface area contributed by atoms with Crippen LogP contribution in [0.5, 0.6) is 0 Å². The summed E-state index contributed by atoms with van der Waals surface area (Å²) in [6.45, 7) is 4.39. The van der Waals surface area contributed by atoms with Gasteiger partial charge in [0, 0.05) is 12.6 Å². The molecule has 94 valence electrons. The van der Waals surface area contributed by atoms with Gasteiger partial charge in [-0.25, -0.2) is 13.6 Å².